The van der Waals surface area contributed by atoms with Gasteiger partial charge in [-0.2, -0.15) is 0 Å². The Morgan fingerprint density at radius 3 is 2.56 bits per heavy atom. The molecule has 3 heterocycles. The number of imide groups is 1. The number of morpholine rings is 1. The highest BCUT2D eigenvalue weighted by Crippen LogP contribution is 2.33. The van der Waals surface area contributed by atoms with Crippen molar-refractivity contribution in [3.05, 3.63) is 35.6 Å². The number of benzene rings is 1. The lowest BCUT2D eigenvalue weighted by atomic mass is 9.79. The molecule has 0 saturated carbocycles. The molecule has 1 N–H and O–H groups in total. The lowest BCUT2D eigenvalue weighted by Gasteiger charge is -2.39. The topological polar surface area (TPSA) is 82.2 Å². The first-order chi connectivity index (χ1) is 15.4. The van der Waals surface area contributed by atoms with E-state index in [0.717, 1.165) is 13.1 Å². The van der Waals surface area contributed by atoms with Gasteiger partial charge in [-0.1, -0.05) is 12.1 Å². The fraction of sp³-hybridized carbons (Fsp3) is 0.609. The smallest absolute Gasteiger partial charge is 0.325 e. The summed E-state index contributed by atoms with van der Waals surface area (Å²) in [6.07, 6.45) is 1.42. The van der Waals surface area contributed by atoms with Crippen molar-refractivity contribution in [2.24, 2.45) is 5.92 Å². The van der Waals surface area contributed by atoms with Crippen molar-refractivity contribution >= 4 is 17.8 Å². The molecule has 0 aromatic heterocycles. The molecule has 9 heteroatoms. The largest absolute Gasteiger partial charge is 0.379 e. The summed E-state index contributed by atoms with van der Waals surface area (Å²) in [6.45, 7) is 6.82. The zero-order chi connectivity index (χ0) is 22.7. The molecule has 3 aliphatic rings. The first-order valence-corrected chi connectivity index (χ1v) is 11.3. The van der Waals surface area contributed by atoms with E-state index in [1.54, 1.807) is 24.0 Å². The van der Waals surface area contributed by atoms with Crippen molar-refractivity contribution in [3.8, 4) is 0 Å². The van der Waals surface area contributed by atoms with Crippen molar-refractivity contribution in [2.45, 2.75) is 31.7 Å². The Morgan fingerprint density at radius 1 is 1.16 bits per heavy atom. The number of likely N-dealkylation sites (tertiary alicyclic amines) is 1. The Morgan fingerprint density at radius 2 is 1.88 bits per heavy atom. The first kappa shape index (κ1) is 22.7. The van der Waals surface area contributed by atoms with E-state index in [1.165, 1.54) is 17.0 Å². The molecule has 0 unspecified atom stereocenters. The Balaban J connectivity index is 1.30. The number of nitrogens with one attached hydrogen (secondary N) is 1. The summed E-state index contributed by atoms with van der Waals surface area (Å²) >= 11 is 0. The molecule has 1 aromatic carbocycles. The summed E-state index contributed by atoms with van der Waals surface area (Å²) in [7, 11) is 0. The normalized spacial score (nSPS) is 25.3. The maximum absolute atomic E-state index is 13.4. The van der Waals surface area contributed by atoms with E-state index in [9.17, 15) is 18.8 Å². The monoisotopic (exact) mass is 446 g/mol. The number of nitrogens with zero attached hydrogens (tertiary/aromatic N) is 3. The molecule has 174 valence electrons. The molecule has 0 bridgehead atoms. The van der Waals surface area contributed by atoms with Crippen LogP contribution in [-0.2, 0) is 20.7 Å². The number of amides is 4. The second kappa shape index (κ2) is 9.54. The van der Waals surface area contributed by atoms with Gasteiger partial charge in [0.25, 0.3) is 5.91 Å². The van der Waals surface area contributed by atoms with Crippen LogP contribution in [0.1, 0.15) is 25.3 Å². The van der Waals surface area contributed by atoms with Gasteiger partial charge < -0.3 is 15.0 Å². The number of rotatable bonds is 6. The molecule has 0 radical (unpaired) electrons. The Bertz CT molecular complexity index is 867. The summed E-state index contributed by atoms with van der Waals surface area (Å²) in [4.78, 5) is 43.7. The molecule has 3 saturated heterocycles. The average molecular weight is 447 g/mol. The number of urea groups is 1. The number of piperidine rings is 1. The molecule has 4 rings (SSSR count). The van der Waals surface area contributed by atoms with E-state index in [2.05, 4.69) is 10.2 Å². The molecule has 1 aromatic rings. The van der Waals surface area contributed by atoms with Crippen LogP contribution >= 0.6 is 0 Å². The van der Waals surface area contributed by atoms with Gasteiger partial charge in [0, 0.05) is 39.3 Å². The highest BCUT2D eigenvalue weighted by atomic mass is 19.1. The maximum atomic E-state index is 13.4. The van der Waals surface area contributed by atoms with E-state index in [4.69, 9.17) is 4.74 Å². The minimum Gasteiger partial charge on any atom is -0.379 e. The molecule has 0 aliphatic carbocycles. The molecule has 3 fully saturated rings. The molecule has 8 nitrogen and oxygen atoms in total. The van der Waals surface area contributed by atoms with Crippen LogP contribution in [0.3, 0.4) is 0 Å². The quantitative estimate of drug-likeness (QED) is 0.666. The van der Waals surface area contributed by atoms with Crippen molar-refractivity contribution in [1.82, 2.24) is 20.0 Å². The summed E-state index contributed by atoms with van der Waals surface area (Å²) in [5.74, 6) is -0.616. The van der Waals surface area contributed by atoms with Crippen molar-refractivity contribution in [2.75, 3.05) is 52.5 Å². The van der Waals surface area contributed by atoms with Gasteiger partial charge in [-0.15, -0.1) is 0 Å². The predicted octanol–water partition coefficient (Wildman–Crippen LogP) is 1.25. The van der Waals surface area contributed by atoms with Crippen LogP contribution in [0.2, 0.25) is 0 Å². The van der Waals surface area contributed by atoms with Crippen LogP contribution < -0.4 is 5.32 Å². The highest BCUT2D eigenvalue weighted by Gasteiger charge is 2.52. The highest BCUT2D eigenvalue weighted by molar-refractivity contribution is 6.07. The van der Waals surface area contributed by atoms with E-state index >= 15 is 0 Å². The summed E-state index contributed by atoms with van der Waals surface area (Å²) < 4.78 is 18.7. The molecule has 1 atom stereocenters. The van der Waals surface area contributed by atoms with Crippen molar-refractivity contribution < 1.29 is 23.5 Å². The van der Waals surface area contributed by atoms with E-state index in [0.29, 0.717) is 57.8 Å². The lowest BCUT2D eigenvalue weighted by Crippen LogP contribution is -2.54. The lowest BCUT2D eigenvalue weighted by molar-refractivity contribution is -0.135. The molecule has 4 amide bonds. The third-order valence-electron chi connectivity index (χ3n) is 6.95. The van der Waals surface area contributed by atoms with Crippen LogP contribution in [0.15, 0.2) is 24.3 Å². The average Bonchev–Trinajstić information content (AvgIpc) is 3.02. The van der Waals surface area contributed by atoms with Gasteiger partial charge in [0.1, 0.15) is 11.4 Å². The minimum atomic E-state index is -0.945. The Labute approximate surface area is 187 Å². The maximum Gasteiger partial charge on any atom is 0.325 e. The van der Waals surface area contributed by atoms with Gasteiger partial charge in [0.15, 0.2) is 0 Å². The van der Waals surface area contributed by atoms with Crippen LogP contribution in [0.5, 0.6) is 0 Å². The second-order valence-corrected chi connectivity index (χ2v) is 9.01. The molecular formula is C23H31FN4O4. The predicted molar refractivity (Wildman–Crippen MR) is 115 cm³/mol. The zero-order valence-corrected chi connectivity index (χ0v) is 18.5. The zero-order valence-electron chi connectivity index (χ0n) is 18.5. The van der Waals surface area contributed by atoms with Crippen LogP contribution in [0.25, 0.3) is 0 Å². The summed E-state index contributed by atoms with van der Waals surface area (Å²) in [5.41, 5.74) is -0.294. The molecule has 0 spiro atoms. The molecular weight excluding hydrogens is 415 g/mol. The van der Waals surface area contributed by atoms with E-state index in [1.807, 2.05) is 0 Å². The molecule has 3 aliphatic heterocycles. The number of halogens is 1. The first-order valence-electron chi connectivity index (χ1n) is 11.3. The fourth-order valence-corrected chi connectivity index (χ4v) is 4.90. The van der Waals surface area contributed by atoms with Gasteiger partial charge in [-0.05, 0) is 43.4 Å². The second-order valence-electron chi connectivity index (χ2n) is 9.01. The number of hydrogen-bond acceptors (Lipinski definition) is 5. The van der Waals surface area contributed by atoms with Crippen molar-refractivity contribution in [3.63, 3.8) is 0 Å². The SMILES string of the molecule is C[C@@]1(C2CCN(C(=O)Cc3cccc(F)c3)CC2)NC(=O)N(CCN2CCOCC2)C1=O. The van der Waals surface area contributed by atoms with Gasteiger partial charge in [0.05, 0.1) is 19.6 Å². The van der Waals surface area contributed by atoms with Crippen LogP contribution in [-0.4, -0.2) is 90.6 Å². The summed E-state index contributed by atoms with van der Waals surface area (Å²) in [5, 5.41) is 2.93. The van der Waals surface area contributed by atoms with Crippen molar-refractivity contribution in [1.29, 1.82) is 0 Å². The van der Waals surface area contributed by atoms with E-state index in [-0.39, 0.29) is 36.0 Å². The fourth-order valence-electron chi connectivity index (χ4n) is 4.90. The number of hydrogen-bond donors (Lipinski definition) is 1. The Kier molecular flexibility index (Phi) is 6.76. The van der Waals surface area contributed by atoms with Gasteiger partial charge in [-0.25, -0.2) is 9.18 Å². The molecule has 32 heavy (non-hydrogen) atoms. The Hall–Kier alpha value is -2.52. The van der Waals surface area contributed by atoms with Gasteiger partial charge in [0.2, 0.25) is 5.91 Å². The number of ether oxygens (including phenoxy) is 1. The summed E-state index contributed by atoms with van der Waals surface area (Å²) in [6, 6.07) is 5.74. The standard InChI is InChI=1S/C23H31FN4O4/c1-23(21(30)28(22(31)25-23)10-9-26-11-13-32-14-12-26)18-5-7-27(8-6-18)20(29)16-17-3-2-4-19(24)15-17/h2-4,15,18H,5-14,16H2,1H3,(H,25,31)/t23-/m0/s1. The van der Waals surface area contributed by atoms with Gasteiger partial charge in [-0.3, -0.25) is 19.4 Å². The van der Waals surface area contributed by atoms with E-state index < -0.39 is 5.54 Å². The number of carbonyl (C=O) groups excluding carboxylic acids is 3. The number of carbonyl (C=O) groups is 3. The van der Waals surface area contributed by atoms with Gasteiger partial charge >= 0.3 is 6.03 Å². The third-order valence-corrected chi connectivity index (χ3v) is 6.95. The van der Waals surface area contributed by atoms with Crippen LogP contribution in [0.4, 0.5) is 9.18 Å². The van der Waals surface area contributed by atoms with Crippen LogP contribution in [0, 0.1) is 11.7 Å². The minimum absolute atomic E-state index is 0.0365. The third kappa shape index (κ3) is 4.78.